The van der Waals surface area contributed by atoms with Gasteiger partial charge in [0.05, 0.1) is 6.42 Å². The van der Waals surface area contributed by atoms with Gasteiger partial charge in [0.2, 0.25) is 5.91 Å². The van der Waals surface area contributed by atoms with Gasteiger partial charge in [-0.3, -0.25) is 4.79 Å². The quantitative estimate of drug-likeness (QED) is 0.782. The Bertz CT molecular complexity index is 396. The monoisotopic (exact) mass is 263 g/mol. The van der Waals surface area contributed by atoms with Crippen LogP contribution < -0.4 is 5.32 Å². The van der Waals surface area contributed by atoms with Crippen LogP contribution in [0.1, 0.15) is 44.1 Å². The zero-order valence-electron chi connectivity index (χ0n) is 11.3. The second kappa shape index (κ2) is 7.27. The van der Waals surface area contributed by atoms with E-state index in [0.29, 0.717) is 6.42 Å². The first-order chi connectivity index (χ1) is 9.24. The average molecular weight is 263 g/mol. The second-order valence-electron chi connectivity index (χ2n) is 5.45. The van der Waals surface area contributed by atoms with Gasteiger partial charge in [-0.05, 0) is 36.5 Å². The lowest BCUT2D eigenvalue weighted by molar-refractivity contribution is -0.120. The summed E-state index contributed by atoms with van der Waals surface area (Å²) in [7, 11) is 0. The van der Waals surface area contributed by atoms with Crippen molar-refractivity contribution in [1.29, 1.82) is 0 Å². The molecule has 1 aromatic rings. The number of nitrogens with one attached hydrogen (secondary N) is 1. The van der Waals surface area contributed by atoms with Crippen molar-refractivity contribution in [2.45, 2.75) is 44.9 Å². The molecule has 0 heterocycles. The normalized spacial score (nSPS) is 15.6. The molecule has 0 bridgehead atoms. The Kier molecular flexibility index (Phi) is 5.37. The van der Waals surface area contributed by atoms with Gasteiger partial charge in [0.25, 0.3) is 0 Å². The third-order valence-corrected chi connectivity index (χ3v) is 3.86. The maximum absolute atomic E-state index is 12.7. The zero-order valence-corrected chi connectivity index (χ0v) is 11.3. The zero-order chi connectivity index (χ0) is 13.5. The van der Waals surface area contributed by atoms with Crippen LogP contribution in [0, 0.1) is 11.7 Å². The molecule has 104 valence electrons. The van der Waals surface area contributed by atoms with E-state index in [2.05, 4.69) is 5.32 Å². The fraction of sp³-hybridized carbons (Fsp3) is 0.562. The van der Waals surface area contributed by atoms with Crippen molar-refractivity contribution in [1.82, 2.24) is 5.32 Å². The molecule has 1 fully saturated rings. The van der Waals surface area contributed by atoms with E-state index >= 15 is 0 Å². The van der Waals surface area contributed by atoms with Crippen LogP contribution >= 0.6 is 0 Å². The Labute approximate surface area is 114 Å². The summed E-state index contributed by atoms with van der Waals surface area (Å²) in [6.45, 7) is 0.760. The summed E-state index contributed by atoms with van der Waals surface area (Å²) in [4.78, 5) is 11.7. The predicted molar refractivity (Wildman–Crippen MR) is 74.3 cm³/mol. The summed E-state index contributed by atoms with van der Waals surface area (Å²) in [5.41, 5.74) is 0.856. The van der Waals surface area contributed by atoms with Crippen LogP contribution in [0.25, 0.3) is 0 Å². The van der Waals surface area contributed by atoms with Gasteiger partial charge >= 0.3 is 0 Å². The van der Waals surface area contributed by atoms with E-state index in [0.717, 1.165) is 24.4 Å². The third kappa shape index (κ3) is 5.01. The van der Waals surface area contributed by atoms with E-state index in [-0.39, 0.29) is 11.7 Å². The summed E-state index contributed by atoms with van der Waals surface area (Å²) in [6, 6.07) is 6.10. The molecule has 0 spiro atoms. The van der Waals surface area contributed by atoms with E-state index in [4.69, 9.17) is 0 Å². The van der Waals surface area contributed by atoms with E-state index < -0.39 is 0 Å². The molecular weight excluding hydrogens is 241 g/mol. The summed E-state index contributed by atoms with van der Waals surface area (Å²) in [6.07, 6.45) is 8.12. The minimum Gasteiger partial charge on any atom is -0.356 e. The average Bonchev–Trinajstić information content (AvgIpc) is 2.91. The van der Waals surface area contributed by atoms with E-state index in [1.54, 1.807) is 12.1 Å². The number of hydrogen-bond donors (Lipinski definition) is 1. The Balaban J connectivity index is 1.60. The summed E-state index contributed by atoms with van der Waals surface area (Å²) in [5, 5.41) is 2.94. The van der Waals surface area contributed by atoms with E-state index in [1.165, 1.54) is 44.2 Å². The van der Waals surface area contributed by atoms with Crippen molar-refractivity contribution < 1.29 is 9.18 Å². The van der Waals surface area contributed by atoms with Crippen LogP contribution in [0.4, 0.5) is 4.39 Å². The maximum atomic E-state index is 12.7. The molecule has 2 rings (SSSR count). The minimum atomic E-state index is -0.263. The van der Waals surface area contributed by atoms with Crippen molar-refractivity contribution in [2.24, 2.45) is 5.92 Å². The smallest absolute Gasteiger partial charge is 0.224 e. The predicted octanol–water partition coefficient (Wildman–Crippen LogP) is 3.45. The SMILES string of the molecule is O=C(Cc1ccc(F)cc1)NCCCC1CCCC1. The van der Waals surface area contributed by atoms with Gasteiger partial charge in [0.15, 0.2) is 0 Å². The van der Waals surface area contributed by atoms with Crippen LogP contribution in [0.2, 0.25) is 0 Å². The largest absolute Gasteiger partial charge is 0.356 e. The molecular formula is C16H22FNO. The topological polar surface area (TPSA) is 29.1 Å². The highest BCUT2D eigenvalue weighted by molar-refractivity contribution is 5.78. The molecule has 0 saturated heterocycles. The minimum absolute atomic E-state index is 0.0260. The molecule has 3 heteroatoms. The first-order valence-electron chi connectivity index (χ1n) is 7.25. The van der Waals surface area contributed by atoms with Crippen molar-refractivity contribution in [3.8, 4) is 0 Å². The van der Waals surface area contributed by atoms with Crippen LogP contribution in [0.5, 0.6) is 0 Å². The highest BCUT2D eigenvalue weighted by Crippen LogP contribution is 2.28. The van der Waals surface area contributed by atoms with Gasteiger partial charge in [0, 0.05) is 6.54 Å². The molecule has 0 radical (unpaired) electrons. The van der Waals surface area contributed by atoms with Crippen molar-refractivity contribution in [3.05, 3.63) is 35.6 Å². The summed E-state index contributed by atoms with van der Waals surface area (Å²) >= 11 is 0. The molecule has 1 aliphatic carbocycles. The molecule has 1 N–H and O–H groups in total. The molecule has 1 aliphatic rings. The summed E-state index contributed by atoms with van der Waals surface area (Å²) in [5.74, 6) is 0.646. The molecule has 1 amide bonds. The van der Waals surface area contributed by atoms with Gasteiger partial charge in [-0.25, -0.2) is 4.39 Å². The number of amides is 1. The van der Waals surface area contributed by atoms with E-state index in [1.807, 2.05) is 0 Å². The summed E-state index contributed by atoms with van der Waals surface area (Å²) < 4.78 is 12.7. The maximum Gasteiger partial charge on any atom is 0.224 e. The van der Waals surface area contributed by atoms with Gasteiger partial charge in [-0.2, -0.15) is 0 Å². The molecule has 19 heavy (non-hydrogen) atoms. The van der Waals surface area contributed by atoms with E-state index in [9.17, 15) is 9.18 Å². The first kappa shape index (κ1) is 14.0. The number of rotatable bonds is 6. The number of carbonyl (C=O) groups excluding carboxylic acids is 1. The van der Waals surface area contributed by atoms with Crippen LogP contribution in [-0.4, -0.2) is 12.5 Å². The lowest BCUT2D eigenvalue weighted by Crippen LogP contribution is -2.26. The van der Waals surface area contributed by atoms with Gasteiger partial charge < -0.3 is 5.32 Å². The Morgan fingerprint density at radius 1 is 1.21 bits per heavy atom. The van der Waals surface area contributed by atoms with Gasteiger partial charge in [-0.1, -0.05) is 37.8 Å². The van der Waals surface area contributed by atoms with Crippen molar-refractivity contribution in [3.63, 3.8) is 0 Å². The van der Waals surface area contributed by atoms with Gasteiger partial charge in [0.1, 0.15) is 5.82 Å². The fourth-order valence-corrected chi connectivity index (χ4v) is 2.77. The van der Waals surface area contributed by atoms with Gasteiger partial charge in [-0.15, -0.1) is 0 Å². The van der Waals surface area contributed by atoms with Crippen LogP contribution in [0.15, 0.2) is 24.3 Å². The Hall–Kier alpha value is -1.38. The molecule has 0 atom stereocenters. The lowest BCUT2D eigenvalue weighted by Gasteiger charge is -2.09. The molecule has 1 saturated carbocycles. The first-order valence-corrected chi connectivity index (χ1v) is 7.25. The van der Waals surface area contributed by atoms with Crippen LogP contribution in [-0.2, 0) is 11.2 Å². The van der Waals surface area contributed by atoms with Crippen molar-refractivity contribution >= 4 is 5.91 Å². The molecule has 2 nitrogen and oxygen atoms in total. The lowest BCUT2D eigenvalue weighted by atomic mass is 10.0. The molecule has 1 aromatic carbocycles. The second-order valence-corrected chi connectivity index (χ2v) is 5.45. The number of halogens is 1. The Morgan fingerprint density at radius 3 is 2.58 bits per heavy atom. The molecule has 0 aliphatic heterocycles. The van der Waals surface area contributed by atoms with Crippen molar-refractivity contribution in [2.75, 3.05) is 6.54 Å². The highest BCUT2D eigenvalue weighted by Gasteiger charge is 2.14. The number of hydrogen-bond acceptors (Lipinski definition) is 1. The third-order valence-electron chi connectivity index (χ3n) is 3.86. The fourth-order valence-electron chi connectivity index (χ4n) is 2.77. The number of benzene rings is 1. The van der Waals surface area contributed by atoms with Crippen LogP contribution in [0.3, 0.4) is 0 Å². The number of carbonyl (C=O) groups is 1. The standard InChI is InChI=1S/C16H22FNO/c17-15-9-7-14(8-10-15)12-16(19)18-11-3-6-13-4-1-2-5-13/h7-10,13H,1-6,11-12H2,(H,18,19). The molecule has 0 aromatic heterocycles. The molecule has 0 unspecified atom stereocenters. The Morgan fingerprint density at radius 2 is 1.89 bits per heavy atom. The highest BCUT2D eigenvalue weighted by atomic mass is 19.1.